The van der Waals surface area contributed by atoms with Gasteiger partial charge in [0, 0.05) is 0 Å². The summed E-state index contributed by atoms with van der Waals surface area (Å²) < 4.78 is 0. The van der Waals surface area contributed by atoms with Crippen LogP contribution in [0.1, 0.15) is 95.0 Å². The van der Waals surface area contributed by atoms with Crippen LogP contribution in [-0.4, -0.2) is 0 Å². The lowest BCUT2D eigenvalue weighted by molar-refractivity contribution is 0.489. The molecule has 122 valence electrons. The van der Waals surface area contributed by atoms with E-state index in [0.717, 1.165) is 5.92 Å². The van der Waals surface area contributed by atoms with Crippen molar-refractivity contribution in [3.63, 3.8) is 0 Å². The zero-order chi connectivity index (χ0) is 15.3. The molecular weight excluding hydrogens is 264 g/mol. The fraction of sp³-hybridized carbons (Fsp3) is 0.636. The third-order valence-electron chi connectivity index (χ3n) is 5.03. The summed E-state index contributed by atoms with van der Waals surface area (Å²) in [6.07, 6.45) is 22.9. The first-order valence-corrected chi connectivity index (χ1v) is 9.67. The Labute approximate surface area is 138 Å². The van der Waals surface area contributed by atoms with E-state index in [2.05, 4.69) is 42.5 Å². The van der Waals surface area contributed by atoms with Crippen LogP contribution in [0, 0.1) is 0 Å². The molecule has 0 radical (unpaired) electrons. The van der Waals surface area contributed by atoms with Crippen LogP contribution in [0.5, 0.6) is 0 Å². The van der Waals surface area contributed by atoms with Crippen LogP contribution in [0.3, 0.4) is 0 Å². The maximum Gasteiger partial charge on any atom is -0.0162 e. The van der Waals surface area contributed by atoms with Gasteiger partial charge >= 0.3 is 0 Å². The Balaban J connectivity index is 1.83. The fourth-order valence-electron chi connectivity index (χ4n) is 3.63. The number of allylic oxidation sites excluding steroid dienone is 2. The van der Waals surface area contributed by atoms with E-state index in [-0.39, 0.29) is 0 Å². The van der Waals surface area contributed by atoms with Crippen molar-refractivity contribution < 1.29 is 0 Å². The lowest BCUT2D eigenvalue weighted by atomic mass is 9.88. The molecular formula is C22H34. The van der Waals surface area contributed by atoms with Crippen molar-refractivity contribution in [3.8, 4) is 0 Å². The second-order valence-corrected chi connectivity index (χ2v) is 6.92. The third kappa shape index (κ3) is 7.29. The SMILES string of the molecule is C1=C\CCCCCCC(c2ccccc2)CCCCCCC/1. The summed E-state index contributed by atoms with van der Waals surface area (Å²) >= 11 is 0. The van der Waals surface area contributed by atoms with Gasteiger partial charge in [-0.1, -0.05) is 87.4 Å². The first-order valence-electron chi connectivity index (χ1n) is 9.67. The van der Waals surface area contributed by atoms with Crippen LogP contribution in [0.15, 0.2) is 42.5 Å². The second-order valence-electron chi connectivity index (χ2n) is 6.92. The van der Waals surface area contributed by atoms with Gasteiger partial charge in [0.25, 0.3) is 0 Å². The molecule has 0 nitrogen and oxygen atoms in total. The number of hydrogen-bond acceptors (Lipinski definition) is 0. The van der Waals surface area contributed by atoms with E-state index >= 15 is 0 Å². The van der Waals surface area contributed by atoms with Crippen molar-refractivity contribution in [2.24, 2.45) is 0 Å². The Kier molecular flexibility index (Phi) is 9.07. The third-order valence-corrected chi connectivity index (χ3v) is 5.03. The monoisotopic (exact) mass is 298 g/mol. The van der Waals surface area contributed by atoms with Crippen molar-refractivity contribution in [1.82, 2.24) is 0 Å². The Morgan fingerprint density at radius 1 is 0.545 bits per heavy atom. The molecule has 22 heavy (non-hydrogen) atoms. The number of rotatable bonds is 1. The molecule has 0 fully saturated rings. The van der Waals surface area contributed by atoms with Gasteiger partial charge in [-0.3, -0.25) is 0 Å². The summed E-state index contributed by atoms with van der Waals surface area (Å²) in [5.41, 5.74) is 1.58. The molecule has 1 unspecified atom stereocenters. The van der Waals surface area contributed by atoms with E-state index < -0.39 is 0 Å². The van der Waals surface area contributed by atoms with E-state index in [1.54, 1.807) is 5.56 Å². The zero-order valence-electron chi connectivity index (χ0n) is 14.3. The highest BCUT2D eigenvalue weighted by Crippen LogP contribution is 2.28. The van der Waals surface area contributed by atoms with Gasteiger partial charge in [-0.2, -0.15) is 0 Å². The van der Waals surface area contributed by atoms with Crippen molar-refractivity contribution in [1.29, 1.82) is 0 Å². The molecule has 0 heteroatoms. The summed E-state index contributed by atoms with van der Waals surface area (Å²) in [6, 6.07) is 11.2. The van der Waals surface area contributed by atoms with Crippen LogP contribution >= 0.6 is 0 Å². The first-order chi connectivity index (χ1) is 11.0. The molecule has 0 aromatic heterocycles. The average Bonchev–Trinajstić information content (AvgIpc) is 2.56. The van der Waals surface area contributed by atoms with Crippen molar-refractivity contribution in [2.75, 3.05) is 0 Å². The molecule has 0 N–H and O–H groups in total. The minimum absolute atomic E-state index is 0.800. The highest BCUT2D eigenvalue weighted by molar-refractivity contribution is 5.19. The normalized spacial score (nSPS) is 24.6. The van der Waals surface area contributed by atoms with E-state index in [1.165, 1.54) is 83.5 Å². The van der Waals surface area contributed by atoms with Gasteiger partial charge in [-0.25, -0.2) is 0 Å². The molecule has 0 aliphatic heterocycles. The molecule has 0 saturated heterocycles. The summed E-state index contributed by atoms with van der Waals surface area (Å²) in [5.74, 6) is 0.800. The topological polar surface area (TPSA) is 0 Å². The standard InChI is InChI=1S/C22H34/c1-2-4-6-8-10-13-17-21(22-19-15-12-16-20-22)18-14-11-9-7-5-3-1/h1-2,12,15-16,19-21H,3-11,13-14,17-18H2/b2-1-. The summed E-state index contributed by atoms with van der Waals surface area (Å²) in [7, 11) is 0. The summed E-state index contributed by atoms with van der Waals surface area (Å²) in [6.45, 7) is 0. The highest BCUT2D eigenvalue weighted by Gasteiger charge is 2.10. The predicted octanol–water partition coefficient (Wildman–Crippen LogP) is 7.41. The molecule has 1 aliphatic carbocycles. The maximum atomic E-state index is 2.42. The molecule has 1 atom stereocenters. The van der Waals surface area contributed by atoms with Gasteiger partial charge in [0.2, 0.25) is 0 Å². The lowest BCUT2D eigenvalue weighted by Crippen LogP contribution is -1.99. The van der Waals surface area contributed by atoms with Crippen LogP contribution < -0.4 is 0 Å². The van der Waals surface area contributed by atoms with Crippen LogP contribution in [0.4, 0.5) is 0 Å². The van der Waals surface area contributed by atoms with Gasteiger partial charge < -0.3 is 0 Å². The molecule has 1 aromatic rings. The Bertz CT molecular complexity index is 390. The molecule has 2 rings (SSSR count). The number of benzene rings is 1. The summed E-state index contributed by atoms with van der Waals surface area (Å²) in [5, 5.41) is 0. The number of hydrogen-bond donors (Lipinski definition) is 0. The largest absolute Gasteiger partial charge is 0.0885 e. The smallest absolute Gasteiger partial charge is 0.0162 e. The van der Waals surface area contributed by atoms with E-state index in [0.29, 0.717) is 0 Å². The highest BCUT2D eigenvalue weighted by atomic mass is 14.2. The van der Waals surface area contributed by atoms with Crippen molar-refractivity contribution in [3.05, 3.63) is 48.0 Å². The predicted molar refractivity (Wildman–Crippen MR) is 98.3 cm³/mol. The van der Waals surface area contributed by atoms with E-state index in [4.69, 9.17) is 0 Å². The molecule has 1 aromatic carbocycles. The van der Waals surface area contributed by atoms with Gasteiger partial charge in [0.1, 0.15) is 0 Å². The average molecular weight is 299 g/mol. The van der Waals surface area contributed by atoms with Crippen molar-refractivity contribution >= 4 is 0 Å². The lowest BCUT2D eigenvalue weighted by Gasteiger charge is -2.17. The van der Waals surface area contributed by atoms with Crippen LogP contribution in [0.2, 0.25) is 0 Å². The Morgan fingerprint density at radius 3 is 1.64 bits per heavy atom. The minimum Gasteiger partial charge on any atom is -0.0885 e. The van der Waals surface area contributed by atoms with Crippen LogP contribution in [0.25, 0.3) is 0 Å². The molecule has 0 spiro atoms. The van der Waals surface area contributed by atoms with Crippen LogP contribution in [-0.2, 0) is 0 Å². The zero-order valence-corrected chi connectivity index (χ0v) is 14.3. The Hall–Kier alpha value is -1.04. The molecule has 0 saturated carbocycles. The first kappa shape index (κ1) is 17.3. The molecule has 0 bridgehead atoms. The minimum atomic E-state index is 0.800. The van der Waals surface area contributed by atoms with Gasteiger partial charge in [-0.15, -0.1) is 0 Å². The van der Waals surface area contributed by atoms with Crippen molar-refractivity contribution in [2.45, 2.75) is 89.4 Å². The van der Waals surface area contributed by atoms with E-state index in [9.17, 15) is 0 Å². The molecule has 0 amide bonds. The molecule has 1 aliphatic rings. The van der Waals surface area contributed by atoms with E-state index in [1.807, 2.05) is 0 Å². The van der Waals surface area contributed by atoms with Gasteiger partial charge in [0.05, 0.1) is 0 Å². The second kappa shape index (κ2) is 11.5. The van der Waals surface area contributed by atoms with Gasteiger partial charge in [0.15, 0.2) is 0 Å². The Morgan fingerprint density at radius 2 is 1.05 bits per heavy atom. The quantitative estimate of drug-likeness (QED) is 0.473. The summed E-state index contributed by atoms with van der Waals surface area (Å²) in [4.78, 5) is 0. The van der Waals surface area contributed by atoms with Gasteiger partial charge in [-0.05, 0) is 50.0 Å². The maximum absolute atomic E-state index is 2.42. The fourth-order valence-corrected chi connectivity index (χ4v) is 3.63. The molecule has 0 heterocycles.